The number of carbonyl (C=O) groups is 2. The van der Waals surface area contributed by atoms with Gasteiger partial charge in [-0.25, -0.2) is 0 Å². The van der Waals surface area contributed by atoms with Crippen molar-refractivity contribution in [2.45, 2.75) is 12.8 Å². The SMILES string of the molecule is COc1ccccc1C(=O)CCC(=O)Nc1oc(-c2ccccc2)c(-c2ccccc2)c1C#N. The van der Waals surface area contributed by atoms with Crippen LogP contribution in [0, 0.1) is 11.3 Å². The van der Waals surface area contributed by atoms with E-state index in [2.05, 4.69) is 11.4 Å². The van der Waals surface area contributed by atoms with Crippen LogP contribution in [0.3, 0.4) is 0 Å². The van der Waals surface area contributed by atoms with Gasteiger partial charge in [-0.1, -0.05) is 72.8 Å². The fourth-order valence-electron chi connectivity index (χ4n) is 3.72. The standard InChI is InChI=1S/C28H22N2O4/c1-33-24-15-9-8-14-21(24)23(31)16-17-25(32)30-28-22(18-29)26(19-10-4-2-5-11-19)27(34-28)20-12-6-3-7-13-20/h2-15H,16-17H2,1H3,(H,30,32). The number of ketones is 1. The third-order valence-electron chi connectivity index (χ3n) is 5.36. The van der Waals surface area contributed by atoms with Crippen molar-refractivity contribution in [2.75, 3.05) is 12.4 Å². The van der Waals surface area contributed by atoms with E-state index in [1.54, 1.807) is 24.3 Å². The zero-order chi connectivity index (χ0) is 23.9. The van der Waals surface area contributed by atoms with Crippen molar-refractivity contribution >= 4 is 17.6 Å². The van der Waals surface area contributed by atoms with Crippen molar-refractivity contribution < 1.29 is 18.7 Å². The lowest BCUT2D eigenvalue weighted by Gasteiger charge is -2.07. The van der Waals surface area contributed by atoms with Gasteiger partial charge in [-0.3, -0.25) is 14.9 Å². The highest BCUT2D eigenvalue weighted by Gasteiger charge is 2.24. The Morgan fingerprint density at radius 2 is 1.50 bits per heavy atom. The van der Waals surface area contributed by atoms with Crippen molar-refractivity contribution in [2.24, 2.45) is 0 Å². The largest absolute Gasteiger partial charge is 0.496 e. The van der Waals surface area contributed by atoms with Crippen LogP contribution in [0.4, 0.5) is 5.88 Å². The average Bonchev–Trinajstić information content (AvgIpc) is 3.26. The number of methoxy groups -OCH3 is 1. The number of carbonyl (C=O) groups excluding carboxylic acids is 2. The summed E-state index contributed by atoms with van der Waals surface area (Å²) in [5, 5.41) is 12.6. The molecule has 1 amide bonds. The van der Waals surface area contributed by atoms with Crippen LogP contribution >= 0.6 is 0 Å². The van der Waals surface area contributed by atoms with Crippen molar-refractivity contribution in [3.8, 4) is 34.3 Å². The molecule has 0 unspecified atom stereocenters. The second kappa shape index (κ2) is 10.3. The topological polar surface area (TPSA) is 92.3 Å². The van der Waals surface area contributed by atoms with Gasteiger partial charge in [-0.2, -0.15) is 5.26 Å². The Kier molecular flexibility index (Phi) is 6.85. The molecule has 1 aromatic heterocycles. The van der Waals surface area contributed by atoms with Crippen LogP contribution in [0.1, 0.15) is 28.8 Å². The highest BCUT2D eigenvalue weighted by molar-refractivity contribution is 6.02. The van der Waals surface area contributed by atoms with Crippen molar-refractivity contribution in [3.05, 3.63) is 96.1 Å². The number of rotatable bonds is 8. The molecule has 0 aliphatic rings. The predicted molar refractivity (Wildman–Crippen MR) is 129 cm³/mol. The van der Waals surface area contributed by atoms with Gasteiger partial charge in [0.15, 0.2) is 5.78 Å². The van der Waals surface area contributed by atoms with Gasteiger partial charge >= 0.3 is 0 Å². The van der Waals surface area contributed by atoms with Crippen LogP contribution in [0.15, 0.2) is 89.3 Å². The maximum atomic E-state index is 12.7. The van der Waals surface area contributed by atoms with Gasteiger partial charge in [-0.15, -0.1) is 0 Å². The highest BCUT2D eigenvalue weighted by Crippen LogP contribution is 2.41. The van der Waals surface area contributed by atoms with E-state index in [4.69, 9.17) is 9.15 Å². The minimum atomic E-state index is -0.423. The predicted octanol–water partition coefficient (Wildman–Crippen LogP) is 6.10. The summed E-state index contributed by atoms with van der Waals surface area (Å²) in [5.41, 5.74) is 2.84. The molecule has 0 aliphatic carbocycles. The first-order valence-electron chi connectivity index (χ1n) is 10.8. The van der Waals surface area contributed by atoms with Gasteiger partial charge in [0.05, 0.1) is 12.7 Å². The van der Waals surface area contributed by atoms with Crippen LogP contribution in [0.2, 0.25) is 0 Å². The van der Waals surface area contributed by atoms with E-state index in [1.165, 1.54) is 7.11 Å². The molecule has 0 aliphatic heterocycles. The summed E-state index contributed by atoms with van der Waals surface area (Å²) in [6.45, 7) is 0. The number of ether oxygens (including phenoxy) is 1. The van der Waals surface area contributed by atoms with Crippen molar-refractivity contribution in [1.82, 2.24) is 0 Å². The van der Waals surface area contributed by atoms with Gasteiger partial charge in [0.25, 0.3) is 0 Å². The quantitative estimate of drug-likeness (QED) is 0.328. The normalized spacial score (nSPS) is 10.4. The van der Waals surface area contributed by atoms with Crippen LogP contribution in [-0.4, -0.2) is 18.8 Å². The van der Waals surface area contributed by atoms with Crippen LogP contribution in [-0.2, 0) is 4.79 Å². The maximum Gasteiger partial charge on any atom is 0.227 e. The summed E-state index contributed by atoms with van der Waals surface area (Å²) in [5.74, 6) is 0.389. The van der Waals surface area contributed by atoms with E-state index in [-0.39, 0.29) is 30.1 Å². The van der Waals surface area contributed by atoms with Gasteiger partial charge in [0.2, 0.25) is 11.8 Å². The number of para-hydroxylation sites is 1. The minimum absolute atomic E-state index is 0.00805. The van der Waals surface area contributed by atoms with Crippen molar-refractivity contribution in [1.29, 1.82) is 5.26 Å². The van der Waals surface area contributed by atoms with E-state index in [0.29, 0.717) is 22.6 Å². The summed E-state index contributed by atoms with van der Waals surface area (Å²) in [6, 6.07) is 27.9. The van der Waals surface area contributed by atoms with E-state index < -0.39 is 5.91 Å². The summed E-state index contributed by atoms with van der Waals surface area (Å²) in [6.07, 6.45) is -0.0737. The van der Waals surface area contributed by atoms with Crippen molar-refractivity contribution in [3.63, 3.8) is 0 Å². The molecule has 6 heteroatoms. The van der Waals surface area contributed by atoms with E-state index in [0.717, 1.165) is 11.1 Å². The van der Waals surface area contributed by atoms with Gasteiger partial charge in [0.1, 0.15) is 23.1 Å². The molecule has 3 aromatic carbocycles. The number of benzene rings is 3. The van der Waals surface area contributed by atoms with E-state index in [9.17, 15) is 14.9 Å². The Bertz CT molecular complexity index is 1350. The molecule has 0 saturated heterocycles. The molecule has 34 heavy (non-hydrogen) atoms. The fraction of sp³-hybridized carbons (Fsp3) is 0.107. The molecule has 168 valence electrons. The highest BCUT2D eigenvalue weighted by atomic mass is 16.5. The lowest BCUT2D eigenvalue weighted by molar-refractivity contribution is -0.116. The number of hydrogen-bond acceptors (Lipinski definition) is 5. The average molecular weight is 450 g/mol. The first-order chi connectivity index (χ1) is 16.6. The molecule has 6 nitrogen and oxygen atoms in total. The van der Waals surface area contributed by atoms with Crippen LogP contribution in [0.25, 0.3) is 22.5 Å². The van der Waals surface area contributed by atoms with Gasteiger partial charge in [-0.05, 0) is 17.7 Å². The summed E-state index contributed by atoms with van der Waals surface area (Å²) in [4.78, 5) is 25.3. The summed E-state index contributed by atoms with van der Waals surface area (Å²) in [7, 11) is 1.49. The molecule has 0 spiro atoms. The third kappa shape index (κ3) is 4.74. The fourth-order valence-corrected chi connectivity index (χ4v) is 3.72. The maximum absolute atomic E-state index is 12.7. The van der Waals surface area contributed by atoms with E-state index in [1.807, 2.05) is 60.7 Å². The molecule has 1 N–H and O–H groups in total. The lowest BCUT2D eigenvalue weighted by Crippen LogP contribution is -2.14. The third-order valence-corrected chi connectivity index (χ3v) is 5.36. The van der Waals surface area contributed by atoms with Crippen LogP contribution < -0.4 is 10.1 Å². The molecule has 0 fully saturated rings. The number of nitriles is 1. The zero-order valence-electron chi connectivity index (χ0n) is 18.6. The Hall–Kier alpha value is -4.63. The first-order valence-corrected chi connectivity index (χ1v) is 10.8. The number of nitrogens with zero attached hydrogens (tertiary/aromatic N) is 1. The molecule has 0 radical (unpaired) electrons. The Balaban J connectivity index is 1.60. The molecule has 4 aromatic rings. The number of furan rings is 1. The van der Waals surface area contributed by atoms with Crippen LogP contribution in [0.5, 0.6) is 5.75 Å². The number of anilines is 1. The second-order valence-electron chi connectivity index (χ2n) is 7.53. The Labute approximate surface area is 197 Å². The number of nitrogens with one attached hydrogen (secondary N) is 1. The van der Waals surface area contributed by atoms with Gasteiger partial charge in [0, 0.05) is 24.0 Å². The van der Waals surface area contributed by atoms with Gasteiger partial charge < -0.3 is 9.15 Å². The molecule has 0 bridgehead atoms. The molecule has 0 atom stereocenters. The zero-order valence-corrected chi connectivity index (χ0v) is 18.6. The Morgan fingerprint density at radius 1 is 0.882 bits per heavy atom. The van der Waals surface area contributed by atoms with E-state index >= 15 is 0 Å². The molecular formula is C28H22N2O4. The molecular weight excluding hydrogens is 428 g/mol. The number of amides is 1. The first kappa shape index (κ1) is 22.6. The number of hydrogen-bond donors (Lipinski definition) is 1. The smallest absolute Gasteiger partial charge is 0.227 e. The molecule has 0 saturated carbocycles. The number of Topliss-reactive ketones (excluding diaryl/α,β-unsaturated/α-hetero) is 1. The monoisotopic (exact) mass is 450 g/mol. The molecule has 1 heterocycles. The summed E-state index contributed by atoms with van der Waals surface area (Å²) >= 11 is 0. The lowest BCUT2D eigenvalue weighted by atomic mass is 9.98. The minimum Gasteiger partial charge on any atom is -0.496 e. The Morgan fingerprint density at radius 3 is 2.15 bits per heavy atom. The summed E-state index contributed by atoms with van der Waals surface area (Å²) < 4.78 is 11.2. The second-order valence-corrected chi connectivity index (χ2v) is 7.53. The molecule has 4 rings (SSSR count).